The summed E-state index contributed by atoms with van der Waals surface area (Å²) < 4.78 is 43.1. The Hall–Kier alpha value is -3.43. The van der Waals surface area contributed by atoms with Crippen molar-refractivity contribution >= 4 is 27.8 Å². The number of hydrogen-bond donors (Lipinski definition) is 0. The van der Waals surface area contributed by atoms with E-state index in [4.69, 9.17) is 0 Å². The van der Waals surface area contributed by atoms with Gasteiger partial charge in [0.1, 0.15) is 24.2 Å². The number of rotatable bonds is 3. The van der Waals surface area contributed by atoms with E-state index in [0.29, 0.717) is 24.3 Å². The van der Waals surface area contributed by atoms with Crippen molar-refractivity contribution in [3.05, 3.63) is 58.5 Å². The van der Waals surface area contributed by atoms with Gasteiger partial charge in [-0.3, -0.25) is 9.36 Å². The van der Waals surface area contributed by atoms with E-state index in [1.54, 1.807) is 18.2 Å². The molecule has 1 aliphatic heterocycles. The van der Waals surface area contributed by atoms with Crippen LogP contribution in [0.3, 0.4) is 0 Å². The molecule has 4 heterocycles. The number of aromatic nitrogens is 5. The number of aryl methyl sites for hydroxylation is 2. The van der Waals surface area contributed by atoms with Crippen LogP contribution < -0.4 is 10.5 Å². The number of nitrogens with zero attached hydrogens (tertiary/aromatic N) is 6. The fourth-order valence-corrected chi connectivity index (χ4v) is 4.55. The molecule has 10 heteroatoms. The van der Waals surface area contributed by atoms with E-state index in [0.717, 1.165) is 27.7 Å². The molecule has 3 aromatic heterocycles. The number of anilines is 1. The smallest absolute Gasteiger partial charge is 0.345 e. The maximum absolute atomic E-state index is 13.4. The van der Waals surface area contributed by atoms with Crippen molar-refractivity contribution in [1.82, 2.24) is 24.1 Å². The van der Waals surface area contributed by atoms with Gasteiger partial charge in [0, 0.05) is 19.3 Å². The zero-order chi connectivity index (χ0) is 22.6. The lowest BCUT2D eigenvalue weighted by atomic mass is 10.1. The van der Waals surface area contributed by atoms with E-state index in [1.165, 1.54) is 12.4 Å². The van der Waals surface area contributed by atoms with Gasteiger partial charge in [-0.25, -0.2) is 15.0 Å². The lowest BCUT2D eigenvalue weighted by Crippen LogP contribution is -2.36. The number of halogens is 3. The second kappa shape index (κ2) is 7.32. The van der Waals surface area contributed by atoms with Crippen molar-refractivity contribution in [3.8, 4) is 0 Å². The third-order valence-corrected chi connectivity index (χ3v) is 6.09. The Morgan fingerprint density at radius 1 is 1.16 bits per heavy atom. The maximum Gasteiger partial charge on any atom is 0.406 e. The zero-order valence-electron chi connectivity index (χ0n) is 17.6. The van der Waals surface area contributed by atoms with Crippen LogP contribution in [-0.2, 0) is 13.6 Å². The predicted molar refractivity (Wildman–Crippen MR) is 115 cm³/mol. The summed E-state index contributed by atoms with van der Waals surface area (Å²) in [5, 5.41) is 0.174. The maximum atomic E-state index is 13.4. The fraction of sp³-hybridized carbons (Fsp3) is 0.364. The second-order valence-corrected chi connectivity index (χ2v) is 8.12. The predicted octanol–water partition coefficient (Wildman–Crippen LogP) is 3.89. The van der Waals surface area contributed by atoms with Crippen LogP contribution in [0.25, 0.3) is 21.9 Å². The van der Waals surface area contributed by atoms with Crippen LogP contribution in [0.4, 0.5) is 19.0 Å². The summed E-state index contributed by atoms with van der Waals surface area (Å²) >= 11 is 0. The Balaban J connectivity index is 1.72. The highest BCUT2D eigenvalue weighted by Crippen LogP contribution is 2.38. The van der Waals surface area contributed by atoms with Crippen molar-refractivity contribution < 1.29 is 13.2 Å². The van der Waals surface area contributed by atoms with E-state index in [2.05, 4.69) is 15.0 Å². The van der Waals surface area contributed by atoms with Crippen molar-refractivity contribution in [1.29, 1.82) is 0 Å². The Labute approximate surface area is 181 Å². The molecule has 0 N–H and O–H groups in total. The van der Waals surface area contributed by atoms with Gasteiger partial charge in [-0.05, 0) is 38.0 Å². The van der Waals surface area contributed by atoms with Gasteiger partial charge >= 0.3 is 6.18 Å². The minimum absolute atomic E-state index is 0.112. The third-order valence-electron chi connectivity index (χ3n) is 6.09. The third kappa shape index (κ3) is 3.30. The molecule has 0 amide bonds. The van der Waals surface area contributed by atoms with E-state index in [1.807, 2.05) is 29.5 Å². The summed E-state index contributed by atoms with van der Waals surface area (Å²) in [4.78, 5) is 28.4. The van der Waals surface area contributed by atoms with Gasteiger partial charge in [0.2, 0.25) is 0 Å². The molecule has 5 rings (SSSR count). The van der Waals surface area contributed by atoms with Gasteiger partial charge in [-0.15, -0.1) is 0 Å². The molecule has 1 unspecified atom stereocenters. The van der Waals surface area contributed by atoms with Crippen molar-refractivity contribution in [3.63, 3.8) is 0 Å². The average molecular weight is 442 g/mol. The molecule has 0 radical (unpaired) electrons. The first-order valence-corrected chi connectivity index (χ1v) is 10.3. The minimum atomic E-state index is -4.55. The minimum Gasteiger partial charge on any atom is -0.345 e. The first-order valence-electron chi connectivity index (χ1n) is 10.3. The summed E-state index contributed by atoms with van der Waals surface area (Å²) in [6.45, 7) is 1.17. The quantitative estimate of drug-likeness (QED) is 0.482. The topological polar surface area (TPSA) is 68.8 Å². The van der Waals surface area contributed by atoms with Gasteiger partial charge in [0.25, 0.3) is 5.56 Å². The molecule has 0 spiro atoms. The normalized spacial score (nSPS) is 17.0. The monoisotopic (exact) mass is 442 g/mol. The molecule has 7 nitrogen and oxygen atoms in total. The highest BCUT2D eigenvalue weighted by atomic mass is 19.4. The van der Waals surface area contributed by atoms with E-state index < -0.39 is 24.3 Å². The molecule has 0 aliphatic carbocycles. The Bertz CT molecular complexity index is 1390. The first kappa shape index (κ1) is 20.5. The number of hydrogen-bond acceptors (Lipinski definition) is 5. The first-order chi connectivity index (χ1) is 15.2. The SMILES string of the molecule is Cc1cc2ncnc(N3CCCC3c3nc4ccccc4c(=O)n3CC(F)(F)F)c2n1C. The standard InChI is InChI=1S/C22H21F3N6O/c1-13-10-16-18(29(13)2)20(27-12-26-16)30-9-5-8-17(30)19-28-15-7-4-3-6-14(15)21(32)31(19)11-22(23,24)25/h3-4,6-7,10,12,17H,5,8-9,11H2,1-2H3. The van der Waals surface area contributed by atoms with Crippen molar-refractivity contribution in [2.45, 2.75) is 38.5 Å². The largest absolute Gasteiger partial charge is 0.406 e. The van der Waals surface area contributed by atoms with Gasteiger partial charge < -0.3 is 9.47 Å². The highest BCUT2D eigenvalue weighted by molar-refractivity contribution is 5.88. The lowest BCUT2D eigenvalue weighted by molar-refractivity contribution is -0.141. The number of benzene rings is 1. The van der Waals surface area contributed by atoms with E-state index in [9.17, 15) is 18.0 Å². The molecule has 1 aromatic carbocycles. The fourth-order valence-electron chi connectivity index (χ4n) is 4.55. The average Bonchev–Trinajstić information content (AvgIpc) is 3.34. The molecule has 4 aromatic rings. The van der Waals surface area contributed by atoms with E-state index in [-0.39, 0.29) is 11.2 Å². The molecule has 1 fully saturated rings. The van der Waals surface area contributed by atoms with Crippen LogP contribution in [0, 0.1) is 6.92 Å². The molecule has 32 heavy (non-hydrogen) atoms. The number of alkyl halides is 3. The Morgan fingerprint density at radius 3 is 2.72 bits per heavy atom. The number of fused-ring (bicyclic) bond motifs is 2. The van der Waals surface area contributed by atoms with Crippen LogP contribution in [0.5, 0.6) is 0 Å². The number of para-hydroxylation sites is 1. The summed E-state index contributed by atoms with van der Waals surface area (Å²) in [5.74, 6) is 0.746. The Morgan fingerprint density at radius 2 is 1.94 bits per heavy atom. The van der Waals surface area contributed by atoms with Gasteiger partial charge in [0.15, 0.2) is 5.82 Å². The lowest BCUT2D eigenvalue weighted by Gasteiger charge is -2.28. The van der Waals surface area contributed by atoms with Crippen LogP contribution in [0.2, 0.25) is 0 Å². The molecular weight excluding hydrogens is 421 g/mol. The van der Waals surface area contributed by atoms with Crippen LogP contribution >= 0.6 is 0 Å². The van der Waals surface area contributed by atoms with E-state index >= 15 is 0 Å². The van der Waals surface area contributed by atoms with Crippen LogP contribution in [0.1, 0.15) is 30.4 Å². The molecule has 0 saturated carbocycles. The zero-order valence-corrected chi connectivity index (χ0v) is 17.6. The van der Waals surface area contributed by atoms with Gasteiger partial charge in [-0.2, -0.15) is 13.2 Å². The van der Waals surface area contributed by atoms with Gasteiger partial charge in [0.05, 0.1) is 22.5 Å². The summed E-state index contributed by atoms with van der Waals surface area (Å²) in [6.07, 6.45) is -1.78. The summed E-state index contributed by atoms with van der Waals surface area (Å²) in [7, 11) is 1.91. The van der Waals surface area contributed by atoms with Crippen molar-refractivity contribution in [2.75, 3.05) is 11.4 Å². The second-order valence-electron chi connectivity index (χ2n) is 8.12. The molecule has 1 saturated heterocycles. The molecule has 166 valence electrons. The van der Waals surface area contributed by atoms with Crippen LogP contribution in [0.15, 0.2) is 41.5 Å². The molecule has 1 atom stereocenters. The highest BCUT2D eigenvalue weighted by Gasteiger charge is 2.36. The molecule has 1 aliphatic rings. The Kier molecular flexibility index (Phi) is 4.68. The summed E-state index contributed by atoms with van der Waals surface area (Å²) in [5.41, 5.74) is 2.27. The summed E-state index contributed by atoms with van der Waals surface area (Å²) in [6, 6.07) is 7.94. The van der Waals surface area contributed by atoms with Crippen LogP contribution in [-0.4, -0.2) is 36.8 Å². The van der Waals surface area contributed by atoms with Crippen molar-refractivity contribution in [2.24, 2.45) is 7.05 Å². The van der Waals surface area contributed by atoms with Gasteiger partial charge in [-0.1, -0.05) is 12.1 Å². The molecule has 0 bridgehead atoms. The molecular formula is C22H21F3N6O.